The van der Waals surface area contributed by atoms with Gasteiger partial charge in [-0.2, -0.15) is 0 Å². The molecule has 0 unspecified atom stereocenters. The SMILES string of the molecule is C=CCCN(C(=O)Nc1ccc(F)cc1)C1CCN(Cc2ccc(Oc3ccc(NS(C)(=O)=O)cc3)cc2)CC1. The predicted molar refractivity (Wildman–Crippen MR) is 157 cm³/mol. The van der Waals surface area contributed by atoms with Crippen molar-refractivity contribution in [1.29, 1.82) is 0 Å². The van der Waals surface area contributed by atoms with E-state index in [2.05, 4.69) is 21.5 Å². The van der Waals surface area contributed by atoms with Crippen LogP contribution in [0.25, 0.3) is 0 Å². The molecule has 0 bridgehead atoms. The molecule has 2 N–H and O–H groups in total. The van der Waals surface area contributed by atoms with E-state index in [4.69, 9.17) is 4.74 Å². The van der Waals surface area contributed by atoms with Gasteiger partial charge >= 0.3 is 6.03 Å². The summed E-state index contributed by atoms with van der Waals surface area (Å²) in [6.45, 7) is 6.91. The fourth-order valence-corrected chi connectivity index (χ4v) is 5.22. The molecule has 10 heteroatoms. The van der Waals surface area contributed by atoms with E-state index in [0.29, 0.717) is 35.8 Å². The minimum Gasteiger partial charge on any atom is -0.457 e. The molecule has 212 valence electrons. The molecule has 1 aliphatic rings. The number of hydrogen-bond acceptors (Lipinski definition) is 5. The molecule has 0 atom stereocenters. The largest absolute Gasteiger partial charge is 0.457 e. The smallest absolute Gasteiger partial charge is 0.322 e. The van der Waals surface area contributed by atoms with Crippen molar-refractivity contribution < 1.29 is 22.3 Å². The molecule has 3 aromatic carbocycles. The third-order valence-corrected chi connectivity index (χ3v) is 7.26. The number of ether oxygens (including phenoxy) is 1. The molecule has 0 aliphatic carbocycles. The average Bonchev–Trinajstić information content (AvgIpc) is 2.92. The molecule has 3 aromatic rings. The summed E-state index contributed by atoms with van der Waals surface area (Å²) >= 11 is 0. The van der Waals surface area contributed by atoms with Gasteiger partial charge in [0, 0.05) is 43.6 Å². The molecule has 4 rings (SSSR count). The van der Waals surface area contributed by atoms with E-state index in [1.54, 1.807) is 36.4 Å². The van der Waals surface area contributed by atoms with Crippen molar-refractivity contribution in [2.45, 2.75) is 31.8 Å². The molecule has 1 fully saturated rings. The van der Waals surface area contributed by atoms with Gasteiger partial charge < -0.3 is 15.0 Å². The first kappa shape index (κ1) is 29.1. The maximum absolute atomic E-state index is 13.2. The number of amides is 2. The summed E-state index contributed by atoms with van der Waals surface area (Å²) in [7, 11) is -3.32. The zero-order valence-electron chi connectivity index (χ0n) is 22.6. The number of nitrogens with one attached hydrogen (secondary N) is 2. The number of carbonyl (C=O) groups excluding carboxylic acids is 1. The topological polar surface area (TPSA) is 91.0 Å². The fourth-order valence-electron chi connectivity index (χ4n) is 4.66. The number of piperidine rings is 1. The molecule has 1 heterocycles. The first-order valence-electron chi connectivity index (χ1n) is 13.2. The van der Waals surface area contributed by atoms with Gasteiger partial charge in [-0.25, -0.2) is 17.6 Å². The second-order valence-electron chi connectivity index (χ2n) is 9.86. The number of urea groups is 1. The van der Waals surface area contributed by atoms with E-state index in [1.807, 2.05) is 35.2 Å². The first-order valence-corrected chi connectivity index (χ1v) is 15.1. The first-order chi connectivity index (χ1) is 19.2. The number of nitrogens with zero attached hydrogens (tertiary/aromatic N) is 2. The Labute approximate surface area is 235 Å². The van der Waals surface area contributed by atoms with Crippen molar-refractivity contribution in [1.82, 2.24) is 9.80 Å². The van der Waals surface area contributed by atoms with Crippen LogP contribution in [0.5, 0.6) is 11.5 Å². The van der Waals surface area contributed by atoms with Crippen LogP contribution in [-0.4, -0.2) is 56.2 Å². The standard InChI is InChI=1S/C30H35FN4O4S/c1-3-4-19-35(30(36)32-25-9-7-24(31)8-10-25)27-17-20-34(21-18-27)22-23-5-13-28(14-6-23)39-29-15-11-26(12-16-29)33-40(2,37)38/h3,5-16,27,33H,1,4,17-22H2,2H3,(H,32,36). The highest BCUT2D eigenvalue weighted by Crippen LogP contribution is 2.25. The molecule has 1 saturated heterocycles. The summed E-state index contributed by atoms with van der Waals surface area (Å²) in [5.74, 6) is 0.960. The Morgan fingerprint density at radius 2 is 1.57 bits per heavy atom. The maximum Gasteiger partial charge on any atom is 0.322 e. The highest BCUT2D eigenvalue weighted by atomic mass is 32.2. The third kappa shape index (κ3) is 8.82. The van der Waals surface area contributed by atoms with Gasteiger partial charge in [0.1, 0.15) is 17.3 Å². The van der Waals surface area contributed by atoms with E-state index in [9.17, 15) is 17.6 Å². The molecule has 0 spiro atoms. The number of anilines is 2. The summed E-state index contributed by atoms with van der Waals surface area (Å²) in [5.41, 5.74) is 2.21. The van der Waals surface area contributed by atoms with Crippen molar-refractivity contribution >= 4 is 27.4 Å². The van der Waals surface area contributed by atoms with Crippen molar-refractivity contribution in [2.24, 2.45) is 0 Å². The van der Waals surface area contributed by atoms with Crippen LogP contribution in [-0.2, 0) is 16.6 Å². The Morgan fingerprint density at radius 1 is 1.00 bits per heavy atom. The van der Waals surface area contributed by atoms with Crippen molar-refractivity contribution in [3.63, 3.8) is 0 Å². The summed E-state index contributed by atoms with van der Waals surface area (Å²) in [6, 6.07) is 20.4. The maximum atomic E-state index is 13.2. The zero-order valence-corrected chi connectivity index (χ0v) is 23.4. The van der Waals surface area contributed by atoms with Crippen LogP contribution in [0.1, 0.15) is 24.8 Å². The lowest BCUT2D eigenvalue weighted by Gasteiger charge is -2.38. The van der Waals surface area contributed by atoms with Crippen LogP contribution >= 0.6 is 0 Å². The molecule has 0 radical (unpaired) electrons. The van der Waals surface area contributed by atoms with Crippen molar-refractivity contribution in [3.8, 4) is 11.5 Å². The van der Waals surface area contributed by atoms with E-state index >= 15 is 0 Å². The molecule has 8 nitrogen and oxygen atoms in total. The number of benzene rings is 3. The van der Waals surface area contributed by atoms with Crippen LogP contribution in [0.2, 0.25) is 0 Å². The van der Waals surface area contributed by atoms with Crippen LogP contribution in [0.4, 0.5) is 20.6 Å². The Bertz CT molecular complexity index is 1370. The second-order valence-corrected chi connectivity index (χ2v) is 11.6. The van der Waals surface area contributed by atoms with E-state index in [0.717, 1.165) is 44.3 Å². The Hall–Kier alpha value is -3.89. The van der Waals surface area contributed by atoms with Crippen LogP contribution in [0.3, 0.4) is 0 Å². The van der Waals surface area contributed by atoms with Gasteiger partial charge in [-0.15, -0.1) is 6.58 Å². The third-order valence-electron chi connectivity index (χ3n) is 6.65. The molecule has 40 heavy (non-hydrogen) atoms. The lowest BCUT2D eigenvalue weighted by atomic mass is 10.0. The van der Waals surface area contributed by atoms with Gasteiger partial charge in [0.25, 0.3) is 0 Å². The van der Waals surface area contributed by atoms with Gasteiger partial charge in [0.2, 0.25) is 10.0 Å². The van der Waals surface area contributed by atoms with Gasteiger partial charge in [-0.3, -0.25) is 9.62 Å². The minimum absolute atomic E-state index is 0.117. The average molecular weight is 567 g/mol. The Morgan fingerprint density at radius 3 is 2.15 bits per heavy atom. The minimum atomic E-state index is -3.32. The monoisotopic (exact) mass is 566 g/mol. The lowest BCUT2D eigenvalue weighted by molar-refractivity contribution is 0.124. The van der Waals surface area contributed by atoms with E-state index in [1.165, 1.54) is 12.1 Å². The molecule has 0 saturated carbocycles. The van der Waals surface area contributed by atoms with Crippen LogP contribution in [0.15, 0.2) is 85.5 Å². The Kier molecular flexibility index (Phi) is 9.79. The normalized spacial score (nSPS) is 14.3. The number of sulfonamides is 1. The Balaban J connectivity index is 1.27. The van der Waals surface area contributed by atoms with E-state index < -0.39 is 10.0 Å². The summed E-state index contributed by atoms with van der Waals surface area (Å²) in [6.07, 6.45) is 5.34. The number of carbonyl (C=O) groups is 1. The lowest BCUT2D eigenvalue weighted by Crippen LogP contribution is -2.49. The second kappa shape index (κ2) is 13.5. The molecule has 1 aliphatic heterocycles. The quantitative estimate of drug-likeness (QED) is 0.275. The molecule has 2 amide bonds. The molecular formula is C30H35FN4O4S. The van der Waals surface area contributed by atoms with Gasteiger partial charge in [0.15, 0.2) is 0 Å². The highest BCUT2D eigenvalue weighted by molar-refractivity contribution is 7.92. The van der Waals surface area contributed by atoms with Crippen LogP contribution < -0.4 is 14.8 Å². The van der Waals surface area contributed by atoms with E-state index in [-0.39, 0.29) is 17.9 Å². The number of halogens is 1. The van der Waals surface area contributed by atoms with Crippen LogP contribution in [0, 0.1) is 5.82 Å². The number of hydrogen-bond donors (Lipinski definition) is 2. The fraction of sp³-hybridized carbons (Fsp3) is 0.300. The number of likely N-dealkylation sites (tertiary alicyclic amines) is 1. The molecule has 0 aromatic heterocycles. The summed E-state index contributed by atoms with van der Waals surface area (Å²) < 4.78 is 44.3. The van der Waals surface area contributed by atoms with Gasteiger partial charge in [0.05, 0.1) is 6.26 Å². The zero-order chi connectivity index (χ0) is 28.5. The molecular weight excluding hydrogens is 531 g/mol. The number of rotatable bonds is 11. The summed E-state index contributed by atoms with van der Waals surface area (Å²) in [5, 5.41) is 2.89. The highest BCUT2D eigenvalue weighted by Gasteiger charge is 2.27. The van der Waals surface area contributed by atoms with Crippen molar-refractivity contribution in [3.05, 3.63) is 96.8 Å². The summed E-state index contributed by atoms with van der Waals surface area (Å²) in [4.78, 5) is 17.3. The predicted octanol–water partition coefficient (Wildman–Crippen LogP) is 6.06. The van der Waals surface area contributed by atoms with Gasteiger partial charge in [-0.05, 0) is 85.5 Å². The van der Waals surface area contributed by atoms with Crippen molar-refractivity contribution in [2.75, 3.05) is 35.9 Å². The van der Waals surface area contributed by atoms with Gasteiger partial charge in [-0.1, -0.05) is 18.2 Å².